The van der Waals surface area contributed by atoms with Crippen molar-refractivity contribution in [3.05, 3.63) is 36.1 Å². The van der Waals surface area contributed by atoms with Crippen LogP contribution < -0.4 is 0 Å². The lowest BCUT2D eigenvalue weighted by Gasteiger charge is -2.35. The van der Waals surface area contributed by atoms with Gasteiger partial charge < -0.3 is 9.32 Å². The minimum absolute atomic E-state index is 0.0614. The molecule has 0 saturated carbocycles. The highest BCUT2D eigenvalue weighted by molar-refractivity contribution is 5.80. The lowest BCUT2D eigenvalue weighted by atomic mass is 9.94. The first kappa shape index (κ1) is 17.6. The second kappa shape index (κ2) is 7.76. The summed E-state index contributed by atoms with van der Waals surface area (Å²) in [4.78, 5) is 17.2. The van der Waals surface area contributed by atoms with Crippen molar-refractivity contribution in [2.24, 2.45) is 5.92 Å². The molecule has 1 aliphatic heterocycles. The highest BCUT2D eigenvalue weighted by Crippen LogP contribution is 2.30. The Bertz CT molecular complexity index is 733. The molecule has 0 radical (unpaired) electrons. The van der Waals surface area contributed by atoms with Gasteiger partial charge in [-0.1, -0.05) is 24.1 Å². The van der Waals surface area contributed by atoms with Crippen molar-refractivity contribution in [1.29, 1.82) is 0 Å². The average molecular weight is 338 g/mol. The van der Waals surface area contributed by atoms with Crippen molar-refractivity contribution in [3.63, 3.8) is 0 Å². The number of carbonyl (C=O) groups excluding carboxylic acids is 1. The first-order valence-corrected chi connectivity index (χ1v) is 9.08. The fourth-order valence-electron chi connectivity index (χ4n) is 3.68. The summed E-state index contributed by atoms with van der Waals surface area (Å²) in [5.41, 5.74) is 0.871. The molecular formula is C21H26N2O2. The molecule has 1 saturated heterocycles. The topological polar surface area (TPSA) is 36.7 Å². The van der Waals surface area contributed by atoms with Crippen molar-refractivity contribution >= 4 is 16.9 Å². The first-order chi connectivity index (χ1) is 12.1. The maximum atomic E-state index is 13.0. The van der Waals surface area contributed by atoms with E-state index in [4.69, 9.17) is 10.8 Å². The molecule has 0 N–H and O–H groups in total. The number of carbonyl (C=O) groups is 1. The van der Waals surface area contributed by atoms with Gasteiger partial charge in [-0.05, 0) is 51.9 Å². The third kappa shape index (κ3) is 3.72. The summed E-state index contributed by atoms with van der Waals surface area (Å²) in [6.45, 7) is 7.24. The molecule has 0 bridgehead atoms. The molecular weight excluding hydrogens is 312 g/mol. The van der Waals surface area contributed by atoms with Crippen LogP contribution in [0.15, 0.2) is 34.7 Å². The third-order valence-electron chi connectivity index (χ3n) is 5.20. The smallest absolute Gasteiger partial charge is 0.226 e. The molecule has 4 nitrogen and oxygen atoms in total. The summed E-state index contributed by atoms with van der Waals surface area (Å²) in [6.07, 6.45) is 7.14. The van der Waals surface area contributed by atoms with Gasteiger partial charge in [0.15, 0.2) is 0 Å². The number of piperidine rings is 1. The highest BCUT2D eigenvalue weighted by Gasteiger charge is 2.31. The van der Waals surface area contributed by atoms with Crippen LogP contribution >= 0.6 is 0 Å². The molecule has 0 spiro atoms. The van der Waals surface area contributed by atoms with Gasteiger partial charge >= 0.3 is 0 Å². The Balaban J connectivity index is 1.70. The Kier molecular flexibility index (Phi) is 5.45. The van der Waals surface area contributed by atoms with Crippen LogP contribution in [-0.2, 0) is 4.79 Å². The van der Waals surface area contributed by atoms with E-state index in [-0.39, 0.29) is 17.9 Å². The fraction of sp³-hybridized carbons (Fsp3) is 0.476. The van der Waals surface area contributed by atoms with Crippen molar-refractivity contribution in [3.8, 4) is 12.3 Å². The van der Waals surface area contributed by atoms with E-state index < -0.39 is 0 Å². The largest absolute Gasteiger partial charge is 0.459 e. The Morgan fingerprint density at radius 3 is 2.76 bits per heavy atom. The predicted octanol–water partition coefficient (Wildman–Crippen LogP) is 3.69. The molecule has 1 aromatic heterocycles. The van der Waals surface area contributed by atoms with Crippen LogP contribution in [0, 0.1) is 18.3 Å². The fourth-order valence-corrected chi connectivity index (χ4v) is 3.68. The average Bonchev–Trinajstić information content (AvgIpc) is 3.07. The van der Waals surface area contributed by atoms with Crippen LogP contribution in [0.25, 0.3) is 11.0 Å². The molecule has 1 atom stereocenters. The molecule has 1 aromatic carbocycles. The van der Waals surface area contributed by atoms with Gasteiger partial charge in [0.2, 0.25) is 5.91 Å². The molecule has 2 aromatic rings. The standard InChI is InChI=1S/C21H26N2O2/c1-4-12-22-13-10-17(11-14-22)21(24)23(5-2)16(3)20-15-18-8-6-7-9-19(18)25-20/h1,6-9,15-17H,5,10-14H2,2-3H3/t16-/m0/s1. The second-order valence-corrected chi connectivity index (χ2v) is 6.74. The van der Waals surface area contributed by atoms with Gasteiger partial charge in [-0.25, -0.2) is 0 Å². The number of likely N-dealkylation sites (tertiary alicyclic amines) is 1. The lowest BCUT2D eigenvalue weighted by Crippen LogP contribution is -2.43. The number of para-hydroxylation sites is 1. The number of furan rings is 1. The quantitative estimate of drug-likeness (QED) is 0.780. The number of nitrogens with zero attached hydrogens (tertiary/aromatic N) is 2. The zero-order chi connectivity index (χ0) is 17.8. The van der Waals surface area contributed by atoms with Crippen molar-refractivity contribution < 1.29 is 9.21 Å². The Hall–Kier alpha value is -2.25. The van der Waals surface area contributed by atoms with Crippen LogP contribution in [0.4, 0.5) is 0 Å². The van der Waals surface area contributed by atoms with Gasteiger partial charge in [0, 0.05) is 17.8 Å². The van der Waals surface area contributed by atoms with Crippen LogP contribution in [0.1, 0.15) is 38.5 Å². The van der Waals surface area contributed by atoms with Crippen LogP contribution in [0.5, 0.6) is 0 Å². The molecule has 3 rings (SSSR count). The number of terminal acetylenes is 1. The second-order valence-electron chi connectivity index (χ2n) is 6.74. The number of amides is 1. The molecule has 0 unspecified atom stereocenters. The number of rotatable bonds is 5. The summed E-state index contributed by atoms with van der Waals surface area (Å²) in [5.74, 6) is 3.85. The molecule has 25 heavy (non-hydrogen) atoms. The lowest BCUT2D eigenvalue weighted by molar-refractivity contribution is -0.139. The van der Waals surface area contributed by atoms with Gasteiger partial charge in [0.25, 0.3) is 0 Å². The van der Waals surface area contributed by atoms with E-state index in [0.717, 1.165) is 42.7 Å². The van der Waals surface area contributed by atoms with E-state index in [2.05, 4.69) is 10.8 Å². The molecule has 1 amide bonds. The Morgan fingerprint density at radius 1 is 1.40 bits per heavy atom. The van der Waals surface area contributed by atoms with E-state index in [0.29, 0.717) is 13.1 Å². The Morgan fingerprint density at radius 2 is 2.12 bits per heavy atom. The minimum atomic E-state index is -0.0614. The predicted molar refractivity (Wildman–Crippen MR) is 100 cm³/mol. The highest BCUT2D eigenvalue weighted by atomic mass is 16.3. The van der Waals surface area contributed by atoms with Gasteiger partial charge in [0.05, 0.1) is 12.6 Å². The molecule has 1 fully saturated rings. The zero-order valence-electron chi connectivity index (χ0n) is 15.1. The summed E-state index contributed by atoms with van der Waals surface area (Å²) >= 11 is 0. The zero-order valence-corrected chi connectivity index (χ0v) is 15.1. The van der Waals surface area contributed by atoms with Gasteiger partial charge in [0.1, 0.15) is 11.3 Å². The van der Waals surface area contributed by atoms with Crippen molar-refractivity contribution in [1.82, 2.24) is 9.80 Å². The first-order valence-electron chi connectivity index (χ1n) is 9.08. The van der Waals surface area contributed by atoms with E-state index in [1.54, 1.807) is 0 Å². The molecule has 0 aliphatic carbocycles. The summed E-state index contributed by atoms with van der Waals surface area (Å²) in [6, 6.07) is 9.95. The number of fused-ring (bicyclic) bond motifs is 1. The molecule has 132 valence electrons. The van der Waals surface area contributed by atoms with E-state index in [1.165, 1.54) is 0 Å². The van der Waals surface area contributed by atoms with Gasteiger partial charge in [-0.2, -0.15) is 0 Å². The van der Waals surface area contributed by atoms with Crippen LogP contribution in [-0.4, -0.2) is 41.9 Å². The summed E-state index contributed by atoms with van der Waals surface area (Å²) in [5, 5.41) is 1.08. The SMILES string of the molecule is C#CCN1CCC(C(=O)N(CC)[C@@H](C)c2cc3ccccc3o2)CC1. The van der Waals surface area contributed by atoms with E-state index in [1.807, 2.05) is 49.1 Å². The summed E-state index contributed by atoms with van der Waals surface area (Å²) in [7, 11) is 0. The van der Waals surface area contributed by atoms with Crippen LogP contribution in [0.3, 0.4) is 0 Å². The number of hydrogen-bond acceptors (Lipinski definition) is 3. The maximum Gasteiger partial charge on any atom is 0.226 e. The summed E-state index contributed by atoms with van der Waals surface area (Å²) < 4.78 is 5.97. The number of benzene rings is 1. The maximum absolute atomic E-state index is 13.0. The molecule has 2 heterocycles. The normalized spacial score (nSPS) is 17.3. The van der Waals surface area contributed by atoms with Crippen LogP contribution in [0.2, 0.25) is 0 Å². The number of hydrogen-bond donors (Lipinski definition) is 0. The molecule has 4 heteroatoms. The van der Waals surface area contributed by atoms with Crippen molar-refractivity contribution in [2.75, 3.05) is 26.2 Å². The van der Waals surface area contributed by atoms with Gasteiger partial charge in [-0.3, -0.25) is 9.69 Å². The minimum Gasteiger partial charge on any atom is -0.459 e. The monoisotopic (exact) mass is 338 g/mol. The van der Waals surface area contributed by atoms with E-state index >= 15 is 0 Å². The van der Waals surface area contributed by atoms with E-state index in [9.17, 15) is 4.79 Å². The molecule has 1 aliphatic rings. The third-order valence-corrected chi connectivity index (χ3v) is 5.20. The Labute approximate surface area is 149 Å². The van der Waals surface area contributed by atoms with Crippen molar-refractivity contribution in [2.45, 2.75) is 32.7 Å². The van der Waals surface area contributed by atoms with Gasteiger partial charge in [-0.15, -0.1) is 6.42 Å².